The van der Waals surface area contributed by atoms with Gasteiger partial charge in [0.2, 0.25) is 0 Å². The molecule has 0 saturated carbocycles. The first-order valence-corrected chi connectivity index (χ1v) is 9.03. The van der Waals surface area contributed by atoms with E-state index in [1.54, 1.807) is 12.3 Å². The molecule has 1 heterocycles. The third kappa shape index (κ3) is 5.21. The molecule has 1 aromatic heterocycles. The van der Waals surface area contributed by atoms with Crippen LogP contribution in [0.3, 0.4) is 0 Å². The highest BCUT2D eigenvalue weighted by atomic mass is 79.9. The van der Waals surface area contributed by atoms with Gasteiger partial charge in [-0.1, -0.05) is 15.9 Å². The van der Waals surface area contributed by atoms with Crippen LogP contribution in [0, 0.1) is 6.92 Å². The van der Waals surface area contributed by atoms with Crippen molar-refractivity contribution < 1.29 is 9.53 Å². The fourth-order valence-electron chi connectivity index (χ4n) is 2.19. The maximum Gasteiger partial charge on any atom is 0.277 e. The molecule has 0 bridgehead atoms. The van der Waals surface area contributed by atoms with E-state index in [-0.39, 0.29) is 12.5 Å². The average molecular weight is 457 g/mol. The lowest BCUT2D eigenvalue weighted by molar-refractivity contribution is -0.123. The number of hydrazone groups is 1. The summed E-state index contributed by atoms with van der Waals surface area (Å²) in [4.78, 5) is 11.8. The Hall–Kier alpha value is -1.60. The largest absolute Gasteiger partial charge is 0.483 e. The zero-order chi connectivity index (χ0) is 17.7. The van der Waals surface area contributed by atoms with Gasteiger partial charge in [-0.15, -0.1) is 0 Å². The van der Waals surface area contributed by atoms with E-state index in [2.05, 4.69) is 60.8 Å². The number of halogens is 2. The smallest absolute Gasteiger partial charge is 0.277 e. The highest BCUT2D eigenvalue weighted by Crippen LogP contribution is 2.28. The highest BCUT2D eigenvalue weighted by Gasteiger charge is 2.06. The molecule has 0 unspecified atom stereocenters. The van der Waals surface area contributed by atoms with Crippen LogP contribution in [0.15, 0.2) is 44.5 Å². The van der Waals surface area contributed by atoms with Crippen LogP contribution in [-0.2, 0) is 4.79 Å². The Morgan fingerprint density at radius 3 is 2.75 bits per heavy atom. The van der Waals surface area contributed by atoms with Gasteiger partial charge in [-0.25, -0.2) is 5.43 Å². The fraction of sp³-hybridized carbons (Fsp3) is 0.294. The molecule has 2 rings (SSSR count). The molecular weight excluding hydrogens is 438 g/mol. The molecule has 1 N–H and O–H groups in total. The van der Waals surface area contributed by atoms with Crippen molar-refractivity contribution in [2.75, 3.05) is 6.61 Å². The van der Waals surface area contributed by atoms with Crippen molar-refractivity contribution in [2.24, 2.45) is 5.10 Å². The standard InChI is InChI=1S/C17H19Br2N3O2/c1-11(2)22-9-13(6-12(22)3)8-20-21-17(23)10-24-16-5-4-14(18)7-15(16)19/h4-9,11H,10H2,1-3H3,(H,21,23)/b20-8+. The van der Waals surface area contributed by atoms with Gasteiger partial charge >= 0.3 is 0 Å². The SMILES string of the molecule is Cc1cc(/C=N/NC(=O)COc2ccc(Br)cc2Br)cn1C(C)C. The molecule has 0 fully saturated rings. The molecule has 1 amide bonds. The Balaban J connectivity index is 1.85. The second-order valence-electron chi connectivity index (χ2n) is 5.57. The zero-order valence-corrected chi connectivity index (χ0v) is 16.9. The molecule has 0 spiro atoms. The number of nitrogens with zero attached hydrogens (tertiary/aromatic N) is 2. The molecular formula is C17H19Br2N3O2. The molecule has 1 aromatic carbocycles. The molecule has 5 nitrogen and oxygen atoms in total. The number of hydrogen-bond donors (Lipinski definition) is 1. The van der Waals surface area contributed by atoms with E-state index in [1.807, 2.05) is 31.3 Å². The van der Waals surface area contributed by atoms with E-state index >= 15 is 0 Å². The first kappa shape index (κ1) is 18.7. The number of carbonyl (C=O) groups is 1. The second-order valence-corrected chi connectivity index (χ2v) is 7.34. The van der Waals surface area contributed by atoms with Crippen molar-refractivity contribution in [3.63, 3.8) is 0 Å². The maximum absolute atomic E-state index is 11.8. The van der Waals surface area contributed by atoms with Crippen LogP contribution in [0.25, 0.3) is 0 Å². The lowest BCUT2D eigenvalue weighted by Crippen LogP contribution is -2.24. The number of nitrogens with one attached hydrogen (secondary N) is 1. The molecule has 0 aliphatic carbocycles. The van der Waals surface area contributed by atoms with E-state index in [0.717, 1.165) is 20.2 Å². The number of aryl methyl sites for hydroxylation is 1. The van der Waals surface area contributed by atoms with Crippen LogP contribution in [0.1, 0.15) is 31.1 Å². The van der Waals surface area contributed by atoms with Gasteiger partial charge in [-0.05, 0) is 61.0 Å². The Labute approximate surface area is 158 Å². The van der Waals surface area contributed by atoms with E-state index in [9.17, 15) is 4.79 Å². The normalized spacial score (nSPS) is 11.2. The molecule has 128 valence electrons. The summed E-state index contributed by atoms with van der Waals surface area (Å²) in [5, 5.41) is 3.97. The Morgan fingerprint density at radius 1 is 1.38 bits per heavy atom. The lowest BCUT2D eigenvalue weighted by Gasteiger charge is -2.08. The van der Waals surface area contributed by atoms with Crippen LogP contribution in [-0.4, -0.2) is 23.3 Å². The van der Waals surface area contributed by atoms with Gasteiger partial charge in [0.15, 0.2) is 6.61 Å². The third-order valence-corrected chi connectivity index (χ3v) is 4.40. The van der Waals surface area contributed by atoms with E-state index < -0.39 is 0 Å². The summed E-state index contributed by atoms with van der Waals surface area (Å²) in [5.74, 6) is 0.281. The monoisotopic (exact) mass is 455 g/mol. The van der Waals surface area contributed by atoms with Crippen molar-refractivity contribution in [2.45, 2.75) is 26.8 Å². The highest BCUT2D eigenvalue weighted by molar-refractivity contribution is 9.11. The molecule has 24 heavy (non-hydrogen) atoms. The summed E-state index contributed by atoms with van der Waals surface area (Å²) in [6, 6.07) is 7.89. The maximum atomic E-state index is 11.8. The van der Waals surface area contributed by atoms with E-state index in [0.29, 0.717) is 11.8 Å². The predicted molar refractivity (Wildman–Crippen MR) is 103 cm³/mol. The molecule has 0 radical (unpaired) electrons. The summed E-state index contributed by atoms with van der Waals surface area (Å²) >= 11 is 6.75. The van der Waals surface area contributed by atoms with Gasteiger partial charge in [-0.3, -0.25) is 4.79 Å². The van der Waals surface area contributed by atoms with E-state index in [1.165, 1.54) is 0 Å². The minimum atomic E-state index is -0.318. The topological polar surface area (TPSA) is 55.6 Å². The molecule has 2 aromatic rings. The van der Waals surface area contributed by atoms with Gasteiger partial charge in [0, 0.05) is 28.0 Å². The molecule has 7 heteroatoms. The number of benzene rings is 1. The Morgan fingerprint density at radius 2 is 2.12 bits per heavy atom. The van der Waals surface area contributed by atoms with Crippen molar-refractivity contribution in [1.82, 2.24) is 9.99 Å². The van der Waals surface area contributed by atoms with E-state index in [4.69, 9.17) is 4.74 Å². The molecule has 0 atom stereocenters. The predicted octanol–water partition coefficient (Wildman–Crippen LogP) is 4.43. The molecule has 0 aliphatic rings. The van der Waals surface area contributed by atoms with Gasteiger partial charge in [-0.2, -0.15) is 5.10 Å². The zero-order valence-electron chi connectivity index (χ0n) is 13.7. The average Bonchev–Trinajstić information content (AvgIpc) is 2.87. The number of amides is 1. The van der Waals surface area contributed by atoms with Crippen molar-refractivity contribution in [3.05, 3.63) is 50.7 Å². The molecule has 0 aliphatic heterocycles. The summed E-state index contributed by atoms with van der Waals surface area (Å²) in [5.41, 5.74) is 4.56. The summed E-state index contributed by atoms with van der Waals surface area (Å²) in [6.07, 6.45) is 3.63. The lowest BCUT2D eigenvalue weighted by atomic mass is 10.3. The summed E-state index contributed by atoms with van der Waals surface area (Å²) in [6.45, 7) is 6.17. The Kier molecular flexibility index (Phi) is 6.62. The molecule has 0 saturated heterocycles. The van der Waals surface area contributed by atoms with Gasteiger partial charge in [0.05, 0.1) is 10.7 Å². The van der Waals surface area contributed by atoms with Crippen molar-refractivity contribution in [3.8, 4) is 5.75 Å². The number of aromatic nitrogens is 1. The van der Waals surface area contributed by atoms with Gasteiger partial charge < -0.3 is 9.30 Å². The van der Waals surface area contributed by atoms with Crippen LogP contribution in [0.5, 0.6) is 5.75 Å². The van der Waals surface area contributed by atoms with Crippen molar-refractivity contribution in [1.29, 1.82) is 0 Å². The number of hydrogen-bond acceptors (Lipinski definition) is 3. The van der Waals surface area contributed by atoms with Crippen LogP contribution >= 0.6 is 31.9 Å². The number of carbonyl (C=O) groups excluding carboxylic acids is 1. The number of rotatable bonds is 6. The number of ether oxygens (including phenoxy) is 1. The summed E-state index contributed by atoms with van der Waals surface area (Å²) in [7, 11) is 0. The second kappa shape index (κ2) is 8.48. The first-order valence-electron chi connectivity index (χ1n) is 7.45. The van der Waals surface area contributed by atoms with Crippen LogP contribution < -0.4 is 10.2 Å². The van der Waals surface area contributed by atoms with Gasteiger partial charge in [0.25, 0.3) is 5.91 Å². The van der Waals surface area contributed by atoms with Gasteiger partial charge in [0.1, 0.15) is 5.75 Å². The quantitative estimate of drug-likeness (QED) is 0.516. The van der Waals surface area contributed by atoms with Crippen LogP contribution in [0.2, 0.25) is 0 Å². The Bertz CT molecular complexity index is 754. The third-order valence-electron chi connectivity index (χ3n) is 3.28. The fourth-order valence-corrected chi connectivity index (χ4v) is 3.35. The van der Waals surface area contributed by atoms with Crippen LogP contribution in [0.4, 0.5) is 0 Å². The van der Waals surface area contributed by atoms with Crippen molar-refractivity contribution >= 4 is 44.0 Å². The minimum Gasteiger partial charge on any atom is -0.483 e. The minimum absolute atomic E-state index is 0.108. The summed E-state index contributed by atoms with van der Waals surface area (Å²) < 4.78 is 9.31. The first-order chi connectivity index (χ1) is 11.4.